The Balaban J connectivity index is 1.76. The first-order valence-corrected chi connectivity index (χ1v) is 12.1. The zero-order valence-electron chi connectivity index (χ0n) is 17.8. The van der Waals surface area contributed by atoms with E-state index in [0.29, 0.717) is 35.0 Å². The van der Waals surface area contributed by atoms with Crippen LogP contribution in [0.2, 0.25) is 0 Å². The predicted octanol–water partition coefficient (Wildman–Crippen LogP) is 4.70. The number of nitrogens with one attached hydrogen (secondary N) is 2. The fraction of sp³-hybridized carbons (Fsp3) is 0.227. The maximum atomic E-state index is 12.8. The van der Waals surface area contributed by atoms with Crippen LogP contribution in [0.4, 0.5) is 11.6 Å². The molecule has 3 rings (SSSR count). The van der Waals surface area contributed by atoms with Gasteiger partial charge in [-0.1, -0.05) is 22.9 Å². The van der Waals surface area contributed by atoms with Gasteiger partial charge < -0.3 is 10.1 Å². The zero-order chi connectivity index (χ0) is 23.3. The molecule has 8 nitrogen and oxygen atoms in total. The van der Waals surface area contributed by atoms with Crippen molar-refractivity contribution in [2.24, 2.45) is 0 Å². The third-order valence-corrected chi connectivity index (χ3v) is 6.12. The standard InChI is InChI=1S/C22H23BrN4O4S/c1-4-11-31-20-10-5-16(23)13-19(20)21(28)26-17-6-8-18(9-7-17)32(29,30)27-22-24-14(2)12-15(3)25-22/h5-10,12-13H,4,11H2,1-3H3,(H,26,28)(H,24,25,27). The summed E-state index contributed by atoms with van der Waals surface area (Å²) in [6.45, 7) is 5.99. The molecule has 168 valence electrons. The molecule has 32 heavy (non-hydrogen) atoms. The second-order valence-electron chi connectivity index (χ2n) is 7.05. The number of aryl methyl sites for hydroxylation is 2. The van der Waals surface area contributed by atoms with Gasteiger partial charge in [0.25, 0.3) is 15.9 Å². The molecule has 1 heterocycles. The molecule has 0 saturated carbocycles. The van der Waals surface area contributed by atoms with Crippen molar-refractivity contribution in [1.82, 2.24) is 9.97 Å². The minimum atomic E-state index is -3.88. The molecule has 0 saturated heterocycles. The Kier molecular flexibility index (Phi) is 7.47. The fourth-order valence-electron chi connectivity index (χ4n) is 2.88. The van der Waals surface area contributed by atoms with E-state index in [0.717, 1.165) is 10.9 Å². The van der Waals surface area contributed by atoms with Gasteiger partial charge in [0, 0.05) is 21.5 Å². The Morgan fingerprint density at radius 2 is 1.69 bits per heavy atom. The Hall–Kier alpha value is -2.98. The summed E-state index contributed by atoms with van der Waals surface area (Å²) in [5.41, 5.74) is 2.13. The fourth-order valence-corrected chi connectivity index (χ4v) is 4.19. The van der Waals surface area contributed by atoms with E-state index in [1.807, 2.05) is 6.92 Å². The van der Waals surface area contributed by atoms with Crippen LogP contribution in [-0.4, -0.2) is 30.9 Å². The molecule has 0 unspecified atom stereocenters. The number of aromatic nitrogens is 2. The minimum Gasteiger partial charge on any atom is -0.493 e. The largest absolute Gasteiger partial charge is 0.493 e. The minimum absolute atomic E-state index is 0.00847. The van der Waals surface area contributed by atoms with Crippen molar-refractivity contribution in [2.75, 3.05) is 16.6 Å². The molecule has 0 aliphatic rings. The molecule has 1 aromatic heterocycles. The lowest BCUT2D eigenvalue weighted by atomic mass is 10.2. The molecule has 0 bridgehead atoms. The second-order valence-corrected chi connectivity index (χ2v) is 9.65. The van der Waals surface area contributed by atoms with Crippen LogP contribution in [0.15, 0.2) is 57.9 Å². The monoisotopic (exact) mass is 518 g/mol. The van der Waals surface area contributed by atoms with Crippen molar-refractivity contribution in [3.8, 4) is 5.75 Å². The third kappa shape index (κ3) is 6.04. The summed E-state index contributed by atoms with van der Waals surface area (Å²) in [6, 6.07) is 12.8. The van der Waals surface area contributed by atoms with Crippen LogP contribution < -0.4 is 14.8 Å². The van der Waals surface area contributed by atoms with Crippen LogP contribution in [0, 0.1) is 13.8 Å². The van der Waals surface area contributed by atoms with Crippen LogP contribution in [0.5, 0.6) is 5.75 Å². The highest BCUT2D eigenvalue weighted by atomic mass is 79.9. The summed E-state index contributed by atoms with van der Waals surface area (Å²) in [6.07, 6.45) is 0.814. The van der Waals surface area contributed by atoms with Crippen molar-refractivity contribution in [3.05, 3.63) is 70.0 Å². The molecule has 2 N–H and O–H groups in total. The molecule has 0 aliphatic carbocycles. The first kappa shape index (κ1) is 23.7. The average Bonchev–Trinajstić information content (AvgIpc) is 2.72. The summed E-state index contributed by atoms with van der Waals surface area (Å²) in [5.74, 6) is 0.119. The molecule has 0 aliphatic heterocycles. The van der Waals surface area contributed by atoms with Crippen molar-refractivity contribution in [1.29, 1.82) is 0 Å². The lowest BCUT2D eigenvalue weighted by molar-refractivity contribution is 0.102. The van der Waals surface area contributed by atoms with E-state index in [9.17, 15) is 13.2 Å². The Labute approximate surface area is 195 Å². The van der Waals surface area contributed by atoms with Crippen LogP contribution in [0.25, 0.3) is 0 Å². The Morgan fingerprint density at radius 3 is 2.31 bits per heavy atom. The molecular formula is C22H23BrN4O4S. The normalized spacial score (nSPS) is 11.1. The van der Waals surface area contributed by atoms with E-state index in [1.165, 1.54) is 24.3 Å². The number of hydrogen-bond acceptors (Lipinski definition) is 6. The van der Waals surface area contributed by atoms with E-state index in [4.69, 9.17) is 4.74 Å². The van der Waals surface area contributed by atoms with Crippen LogP contribution in [-0.2, 0) is 10.0 Å². The van der Waals surface area contributed by atoms with Gasteiger partial charge in [-0.2, -0.15) is 0 Å². The summed E-state index contributed by atoms with van der Waals surface area (Å²) < 4.78 is 34.1. The van der Waals surface area contributed by atoms with Crippen LogP contribution >= 0.6 is 15.9 Å². The van der Waals surface area contributed by atoms with Crippen molar-refractivity contribution >= 4 is 43.5 Å². The number of carbonyl (C=O) groups is 1. The molecule has 0 radical (unpaired) electrons. The number of sulfonamides is 1. The highest BCUT2D eigenvalue weighted by Crippen LogP contribution is 2.25. The summed E-state index contributed by atoms with van der Waals surface area (Å²) in [5, 5.41) is 2.77. The van der Waals surface area contributed by atoms with Gasteiger partial charge in [0.2, 0.25) is 5.95 Å². The van der Waals surface area contributed by atoms with Crippen molar-refractivity contribution in [2.45, 2.75) is 32.1 Å². The Bertz CT molecular complexity index is 1210. The van der Waals surface area contributed by atoms with Crippen LogP contribution in [0.1, 0.15) is 35.1 Å². The molecule has 10 heteroatoms. The van der Waals surface area contributed by atoms with E-state index in [2.05, 4.69) is 35.9 Å². The number of rotatable bonds is 8. The van der Waals surface area contributed by atoms with Gasteiger partial charge in [0.05, 0.1) is 17.1 Å². The average molecular weight is 519 g/mol. The first-order chi connectivity index (χ1) is 15.2. The lowest BCUT2D eigenvalue weighted by Crippen LogP contribution is -2.16. The maximum Gasteiger partial charge on any atom is 0.264 e. The summed E-state index contributed by atoms with van der Waals surface area (Å²) in [4.78, 5) is 21.0. The number of hydrogen-bond donors (Lipinski definition) is 2. The number of halogens is 1. The summed E-state index contributed by atoms with van der Waals surface area (Å²) >= 11 is 3.37. The lowest BCUT2D eigenvalue weighted by Gasteiger charge is -2.12. The van der Waals surface area contributed by atoms with Crippen molar-refractivity contribution in [3.63, 3.8) is 0 Å². The predicted molar refractivity (Wildman–Crippen MR) is 127 cm³/mol. The number of benzene rings is 2. The molecule has 0 fully saturated rings. The zero-order valence-corrected chi connectivity index (χ0v) is 20.2. The smallest absolute Gasteiger partial charge is 0.264 e. The van der Waals surface area contributed by atoms with Gasteiger partial charge in [-0.25, -0.2) is 23.1 Å². The third-order valence-electron chi connectivity index (χ3n) is 4.28. The number of amides is 1. The van der Waals surface area contributed by atoms with Gasteiger partial charge >= 0.3 is 0 Å². The number of carbonyl (C=O) groups excluding carboxylic acids is 1. The molecule has 0 spiro atoms. The molecule has 1 amide bonds. The van der Waals surface area contributed by atoms with Gasteiger partial charge in [-0.05, 0) is 68.8 Å². The van der Waals surface area contributed by atoms with E-state index < -0.39 is 10.0 Å². The molecular weight excluding hydrogens is 496 g/mol. The number of ether oxygens (including phenoxy) is 1. The van der Waals surface area contributed by atoms with Gasteiger partial charge in [0.15, 0.2) is 0 Å². The van der Waals surface area contributed by atoms with Gasteiger partial charge in [-0.15, -0.1) is 0 Å². The highest BCUT2D eigenvalue weighted by Gasteiger charge is 2.18. The SMILES string of the molecule is CCCOc1ccc(Br)cc1C(=O)Nc1ccc(S(=O)(=O)Nc2nc(C)cc(C)n2)cc1. The van der Waals surface area contributed by atoms with Crippen molar-refractivity contribution < 1.29 is 17.9 Å². The Morgan fingerprint density at radius 1 is 1.03 bits per heavy atom. The second kappa shape index (κ2) is 10.1. The van der Waals surface area contributed by atoms with Gasteiger partial charge in [-0.3, -0.25) is 4.79 Å². The van der Waals surface area contributed by atoms with E-state index in [1.54, 1.807) is 38.1 Å². The molecule has 0 atom stereocenters. The van der Waals surface area contributed by atoms with Gasteiger partial charge in [0.1, 0.15) is 5.75 Å². The molecule has 2 aromatic carbocycles. The number of anilines is 2. The number of nitrogens with zero attached hydrogens (tertiary/aromatic N) is 2. The highest BCUT2D eigenvalue weighted by molar-refractivity contribution is 9.10. The van der Waals surface area contributed by atoms with E-state index in [-0.39, 0.29) is 16.8 Å². The van der Waals surface area contributed by atoms with E-state index >= 15 is 0 Å². The summed E-state index contributed by atoms with van der Waals surface area (Å²) in [7, 11) is -3.88. The van der Waals surface area contributed by atoms with Crippen LogP contribution in [0.3, 0.4) is 0 Å². The quantitative estimate of drug-likeness (QED) is 0.447. The topological polar surface area (TPSA) is 110 Å². The molecule has 3 aromatic rings. The first-order valence-electron chi connectivity index (χ1n) is 9.87. The maximum absolute atomic E-state index is 12.8.